The van der Waals surface area contributed by atoms with E-state index in [0.29, 0.717) is 12.2 Å². The first kappa shape index (κ1) is 25.7. The second kappa shape index (κ2) is 10.7. The van der Waals surface area contributed by atoms with Crippen LogP contribution < -0.4 is 15.8 Å². The summed E-state index contributed by atoms with van der Waals surface area (Å²) in [5.74, 6) is -1.26. The third kappa shape index (κ3) is 5.11. The summed E-state index contributed by atoms with van der Waals surface area (Å²) in [6, 6.07) is 10.8. The number of nitrogens with zero attached hydrogens (tertiary/aromatic N) is 1. The molecule has 5 N–H and O–H groups in total. The van der Waals surface area contributed by atoms with Crippen molar-refractivity contribution in [2.24, 2.45) is 5.73 Å². The Hall–Kier alpha value is -3.34. The Morgan fingerprint density at radius 2 is 1.83 bits per heavy atom. The van der Waals surface area contributed by atoms with Crippen LogP contribution in [-0.2, 0) is 22.6 Å². The molecule has 1 aliphatic heterocycles. The van der Waals surface area contributed by atoms with Gasteiger partial charge in [-0.3, -0.25) is 14.4 Å². The molecule has 36 heavy (non-hydrogen) atoms. The van der Waals surface area contributed by atoms with Gasteiger partial charge in [0.15, 0.2) is 0 Å². The number of hydrogen-bond acceptors (Lipinski definition) is 7. The van der Waals surface area contributed by atoms with Crippen molar-refractivity contribution in [1.82, 2.24) is 10.2 Å². The molecule has 2 aromatic carbocycles. The van der Waals surface area contributed by atoms with E-state index in [2.05, 4.69) is 5.32 Å². The molecule has 1 aliphatic carbocycles. The zero-order chi connectivity index (χ0) is 26.0. The van der Waals surface area contributed by atoms with Crippen LogP contribution in [0, 0.1) is 0 Å². The second-order valence-electron chi connectivity index (χ2n) is 8.84. The maximum absolute atomic E-state index is 13.5. The van der Waals surface area contributed by atoms with Crippen molar-refractivity contribution in [3.63, 3.8) is 0 Å². The number of fused-ring (bicyclic) bond motifs is 1. The molecule has 190 valence electrons. The van der Waals surface area contributed by atoms with E-state index < -0.39 is 42.0 Å². The first-order chi connectivity index (χ1) is 17.2. The van der Waals surface area contributed by atoms with E-state index >= 15 is 0 Å². The molecule has 4 unspecified atom stereocenters. The molecule has 4 atom stereocenters. The first-order valence-electron chi connectivity index (χ1n) is 11.5. The third-order valence-corrected chi connectivity index (χ3v) is 7.36. The summed E-state index contributed by atoms with van der Waals surface area (Å²) in [6.07, 6.45) is 0.907. The molecule has 0 bridgehead atoms. The molecule has 0 aromatic heterocycles. The predicted molar refractivity (Wildman–Crippen MR) is 134 cm³/mol. The molecular formula is C26H29N3O6S. The van der Waals surface area contributed by atoms with Gasteiger partial charge in [-0.15, -0.1) is 11.8 Å². The van der Waals surface area contributed by atoms with E-state index in [4.69, 9.17) is 10.5 Å². The lowest BCUT2D eigenvalue weighted by molar-refractivity contribution is -0.138. The zero-order valence-corrected chi connectivity index (χ0v) is 20.8. The van der Waals surface area contributed by atoms with Crippen LogP contribution in [0.4, 0.5) is 0 Å². The molecule has 0 saturated carbocycles. The summed E-state index contributed by atoms with van der Waals surface area (Å²) < 4.78 is 5.34. The van der Waals surface area contributed by atoms with Crippen molar-refractivity contribution in [2.75, 3.05) is 13.4 Å². The fourth-order valence-electron chi connectivity index (χ4n) is 4.64. The van der Waals surface area contributed by atoms with Gasteiger partial charge in [0.1, 0.15) is 17.9 Å². The predicted octanol–water partition coefficient (Wildman–Crippen LogP) is 1.01. The number of benzene rings is 2. The molecule has 3 amide bonds. The maximum Gasteiger partial charge on any atom is 0.255 e. The molecule has 0 spiro atoms. The van der Waals surface area contributed by atoms with Crippen molar-refractivity contribution < 1.29 is 29.3 Å². The highest BCUT2D eigenvalue weighted by atomic mass is 32.2. The summed E-state index contributed by atoms with van der Waals surface area (Å²) in [4.78, 5) is 41.1. The molecule has 2 aromatic rings. The highest BCUT2D eigenvalue weighted by Crippen LogP contribution is 2.29. The van der Waals surface area contributed by atoms with E-state index in [1.165, 1.54) is 29.8 Å². The molecule has 10 heteroatoms. The fraction of sp³-hybridized carbons (Fsp3) is 0.346. The van der Waals surface area contributed by atoms with Crippen LogP contribution in [-0.4, -0.2) is 70.5 Å². The number of amides is 3. The number of thioether (sulfide) groups is 1. The van der Waals surface area contributed by atoms with E-state index in [1.807, 2.05) is 30.5 Å². The van der Waals surface area contributed by atoms with Gasteiger partial charge < -0.3 is 30.9 Å². The SMILES string of the molecule is COc1cc(SC)ccc1C(=O)NC1C=C(C(=O)N2Cc3ccccc3CC2C(N)=O)CC(O)C1O. The van der Waals surface area contributed by atoms with Crippen molar-refractivity contribution >= 4 is 29.5 Å². The Labute approximate surface area is 213 Å². The van der Waals surface area contributed by atoms with Crippen LogP contribution >= 0.6 is 11.8 Å². The Bertz CT molecular complexity index is 1220. The van der Waals surface area contributed by atoms with E-state index in [1.54, 1.807) is 18.2 Å². The van der Waals surface area contributed by atoms with Crippen molar-refractivity contribution in [2.45, 2.75) is 48.6 Å². The van der Waals surface area contributed by atoms with Crippen LogP contribution in [0.3, 0.4) is 0 Å². The summed E-state index contributed by atoms with van der Waals surface area (Å²) in [5.41, 5.74) is 7.93. The van der Waals surface area contributed by atoms with Crippen molar-refractivity contribution in [1.29, 1.82) is 0 Å². The van der Waals surface area contributed by atoms with Gasteiger partial charge in [0, 0.05) is 29.9 Å². The summed E-state index contributed by atoms with van der Waals surface area (Å²) in [5, 5.41) is 23.8. The van der Waals surface area contributed by atoms with Gasteiger partial charge in [0.2, 0.25) is 5.91 Å². The monoisotopic (exact) mass is 511 g/mol. The average molecular weight is 512 g/mol. The van der Waals surface area contributed by atoms with Gasteiger partial charge in [0.05, 0.1) is 24.8 Å². The number of carbonyl (C=O) groups is 3. The lowest BCUT2D eigenvalue weighted by Crippen LogP contribution is -2.54. The molecule has 0 fully saturated rings. The van der Waals surface area contributed by atoms with Gasteiger partial charge in [-0.2, -0.15) is 0 Å². The van der Waals surface area contributed by atoms with Crippen molar-refractivity contribution in [3.05, 3.63) is 70.8 Å². The molecule has 4 rings (SSSR count). The number of aliphatic hydroxyl groups is 2. The smallest absolute Gasteiger partial charge is 0.255 e. The van der Waals surface area contributed by atoms with Gasteiger partial charge in [-0.1, -0.05) is 30.3 Å². The molecule has 2 aliphatic rings. The van der Waals surface area contributed by atoms with E-state index in [-0.39, 0.29) is 24.1 Å². The zero-order valence-electron chi connectivity index (χ0n) is 20.0. The number of hydrogen-bond donors (Lipinski definition) is 4. The summed E-state index contributed by atoms with van der Waals surface area (Å²) >= 11 is 1.50. The average Bonchev–Trinajstić information content (AvgIpc) is 2.89. The minimum atomic E-state index is -1.32. The molecule has 1 heterocycles. The minimum Gasteiger partial charge on any atom is -0.496 e. The van der Waals surface area contributed by atoms with Crippen LogP contribution in [0.15, 0.2) is 59.0 Å². The Balaban J connectivity index is 1.59. The maximum atomic E-state index is 13.5. The molecular weight excluding hydrogens is 482 g/mol. The highest BCUT2D eigenvalue weighted by molar-refractivity contribution is 7.98. The van der Waals surface area contributed by atoms with Gasteiger partial charge in [0.25, 0.3) is 11.8 Å². The number of rotatable bonds is 6. The van der Waals surface area contributed by atoms with Gasteiger partial charge in [-0.25, -0.2) is 0 Å². The Kier molecular flexibility index (Phi) is 7.67. The van der Waals surface area contributed by atoms with Gasteiger partial charge >= 0.3 is 0 Å². The Morgan fingerprint density at radius 1 is 1.11 bits per heavy atom. The topological polar surface area (TPSA) is 142 Å². The van der Waals surface area contributed by atoms with E-state index in [0.717, 1.165) is 16.0 Å². The minimum absolute atomic E-state index is 0.123. The number of primary amides is 1. The summed E-state index contributed by atoms with van der Waals surface area (Å²) in [7, 11) is 1.46. The first-order valence-corrected chi connectivity index (χ1v) is 12.7. The number of nitrogens with one attached hydrogen (secondary N) is 1. The molecule has 0 radical (unpaired) electrons. The number of methoxy groups -OCH3 is 1. The van der Waals surface area contributed by atoms with Crippen LogP contribution in [0.2, 0.25) is 0 Å². The normalized spacial score (nSPS) is 23.3. The van der Waals surface area contributed by atoms with E-state index in [9.17, 15) is 24.6 Å². The largest absolute Gasteiger partial charge is 0.496 e. The summed E-state index contributed by atoms with van der Waals surface area (Å²) in [6.45, 7) is 0.189. The quantitative estimate of drug-likeness (QED) is 0.424. The lowest BCUT2D eigenvalue weighted by atomic mass is 9.87. The van der Waals surface area contributed by atoms with Gasteiger partial charge in [-0.05, 0) is 35.6 Å². The van der Waals surface area contributed by atoms with Crippen LogP contribution in [0.5, 0.6) is 5.75 Å². The van der Waals surface area contributed by atoms with Crippen LogP contribution in [0.1, 0.15) is 27.9 Å². The number of nitrogens with two attached hydrogens (primary N) is 1. The standard InChI is InChI=1S/C26H29N3O6S/c1-35-22-12-17(36-2)7-8-18(22)25(33)28-19-9-16(11-21(30)23(19)31)26(34)29-13-15-6-4-3-5-14(15)10-20(29)24(27)32/h3-9,12,19-21,23,30-31H,10-11,13H2,1-2H3,(H2,27,32)(H,28,33). The lowest BCUT2D eigenvalue weighted by Gasteiger charge is -2.38. The number of aliphatic hydroxyl groups excluding tert-OH is 2. The third-order valence-electron chi connectivity index (χ3n) is 6.64. The second-order valence-corrected chi connectivity index (χ2v) is 9.72. The highest BCUT2D eigenvalue weighted by Gasteiger charge is 2.39. The number of ether oxygens (including phenoxy) is 1. The molecule has 0 saturated heterocycles. The van der Waals surface area contributed by atoms with Crippen LogP contribution in [0.25, 0.3) is 0 Å². The fourth-order valence-corrected chi connectivity index (χ4v) is 5.07. The number of carbonyl (C=O) groups excluding carboxylic acids is 3. The Morgan fingerprint density at radius 3 is 2.50 bits per heavy atom. The molecule has 9 nitrogen and oxygen atoms in total. The van der Waals surface area contributed by atoms with Crippen molar-refractivity contribution in [3.8, 4) is 5.75 Å².